The van der Waals surface area contributed by atoms with Crippen molar-refractivity contribution in [2.45, 2.75) is 50.1 Å². The molecule has 2 N–H and O–H groups in total. The zero-order valence-electron chi connectivity index (χ0n) is 20.8. The first-order valence-corrected chi connectivity index (χ1v) is 12.6. The summed E-state index contributed by atoms with van der Waals surface area (Å²) >= 11 is 0. The van der Waals surface area contributed by atoms with Gasteiger partial charge in [-0.15, -0.1) is 0 Å². The first-order valence-electron chi connectivity index (χ1n) is 12.6. The third-order valence-corrected chi connectivity index (χ3v) is 7.03. The van der Waals surface area contributed by atoms with Crippen LogP contribution in [-0.4, -0.2) is 73.1 Å². The average Bonchev–Trinajstić information content (AvgIpc) is 3.24. The van der Waals surface area contributed by atoms with Crippen LogP contribution in [0.1, 0.15) is 48.4 Å². The number of carboxylic acid groups (broad SMARTS) is 1. The number of methoxy groups -OCH3 is 1. The van der Waals surface area contributed by atoms with E-state index in [4.69, 9.17) is 9.47 Å². The lowest BCUT2D eigenvalue weighted by molar-refractivity contribution is -0.137. The minimum atomic E-state index is -1.39. The normalized spacial score (nSPS) is 20.5. The van der Waals surface area contributed by atoms with Gasteiger partial charge in [0.05, 0.1) is 13.0 Å². The summed E-state index contributed by atoms with van der Waals surface area (Å²) in [6.07, 6.45) is 3.09. The number of rotatable bonds is 12. The summed E-state index contributed by atoms with van der Waals surface area (Å²) in [4.78, 5) is 18.2. The lowest BCUT2D eigenvalue weighted by Crippen LogP contribution is -2.33. The molecule has 36 heavy (non-hydrogen) atoms. The summed E-state index contributed by atoms with van der Waals surface area (Å²) in [5, 5.41) is 12.8. The molecule has 2 aromatic rings. The number of hydrogen-bond donors (Lipinski definition) is 2. The Hall–Kier alpha value is -2.78. The van der Waals surface area contributed by atoms with Gasteiger partial charge < -0.3 is 19.9 Å². The van der Waals surface area contributed by atoms with Gasteiger partial charge in [-0.25, -0.2) is 13.8 Å². The van der Waals surface area contributed by atoms with Crippen molar-refractivity contribution in [1.82, 2.24) is 9.88 Å². The van der Waals surface area contributed by atoms with Crippen LogP contribution >= 0.6 is 0 Å². The molecule has 0 bridgehead atoms. The zero-order chi connectivity index (χ0) is 25.5. The molecule has 0 amide bonds. The summed E-state index contributed by atoms with van der Waals surface area (Å²) < 4.78 is 41.0. The molecule has 1 saturated heterocycles. The molecule has 7 nitrogen and oxygen atoms in total. The Labute approximate surface area is 210 Å². The van der Waals surface area contributed by atoms with E-state index < -0.39 is 23.4 Å². The maximum absolute atomic E-state index is 15.7. The molecule has 1 aromatic carbocycles. The molecule has 0 aliphatic carbocycles. The molecule has 9 heteroatoms. The second-order valence-electron chi connectivity index (χ2n) is 9.80. The van der Waals surface area contributed by atoms with Crippen molar-refractivity contribution < 1.29 is 28.2 Å². The Morgan fingerprint density at radius 3 is 2.97 bits per heavy atom. The molecular formula is C27H35F2N3O4. The summed E-state index contributed by atoms with van der Waals surface area (Å²) in [5.41, 5.74) is 0.962. The zero-order valence-corrected chi connectivity index (χ0v) is 20.8. The molecule has 0 radical (unpaired) electrons. The fourth-order valence-corrected chi connectivity index (χ4v) is 5.10. The van der Waals surface area contributed by atoms with Crippen LogP contribution in [0, 0.1) is 5.82 Å². The van der Waals surface area contributed by atoms with Crippen LogP contribution in [0.4, 0.5) is 14.6 Å². The minimum absolute atomic E-state index is 0.192. The Morgan fingerprint density at radius 2 is 2.17 bits per heavy atom. The Kier molecular flexibility index (Phi) is 8.74. The fourth-order valence-electron chi connectivity index (χ4n) is 5.10. The number of nitrogens with zero attached hydrogens (tertiary/aromatic N) is 2. The van der Waals surface area contributed by atoms with E-state index >= 15 is 4.39 Å². The number of nitrogens with one attached hydrogen (secondary N) is 1. The van der Waals surface area contributed by atoms with Crippen molar-refractivity contribution in [3.8, 4) is 5.75 Å². The number of ether oxygens (including phenoxy) is 2. The van der Waals surface area contributed by atoms with Gasteiger partial charge in [0, 0.05) is 44.9 Å². The van der Waals surface area contributed by atoms with E-state index in [9.17, 15) is 14.3 Å². The van der Waals surface area contributed by atoms with E-state index in [-0.39, 0.29) is 25.1 Å². The summed E-state index contributed by atoms with van der Waals surface area (Å²) in [5.74, 6) is -0.774. The monoisotopic (exact) mass is 503 g/mol. The van der Waals surface area contributed by atoms with Gasteiger partial charge in [-0.05, 0) is 67.5 Å². The topological polar surface area (TPSA) is 83.9 Å². The highest BCUT2D eigenvalue weighted by Gasteiger charge is 2.39. The van der Waals surface area contributed by atoms with Crippen molar-refractivity contribution >= 4 is 11.8 Å². The number of alkyl halides is 1. The summed E-state index contributed by atoms with van der Waals surface area (Å²) in [6.45, 7) is 2.55. The van der Waals surface area contributed by atoms with Gasteiger partial charge in [-0.2, -0.15) is 0 Å². The Morgan fingerprint density at radius 1 is 1.31 bits per heavy atom. The molecule has 3 heterocycles. The molecule has 196 valence electrons. The highest BCUT2D eigenvalue weighted by molar-refractivity contribution is 5.68. The molecule has 2 aliphatic heterocycles. The quantitative estimate of drug-likeness (QED) is 0.420. The number of likely N-dealkylation sites (tertiary alicyclic amines) is 1. The first-order chi connectivity index (χ1) is 17.3. The van der Waals surface area contributed by atoms with Gasteiger partial charge in [0.25, 0.3) is 0 Å². The number of halogens is 2. The first kappa shape index (κ1) is 26.3. The average molecular weight is 504 g/mol. The van der Waals surface area contributed by atoms with Crippen LogP contribution in [-0.2, 0) is 22.4 Å². The van der Waals surface area contributed by atoms with E-state index in [0.29, 0.717) is 44.8 Å². The Bertz CT molecular complexity index is 1050. The second kappa shape index (κ2) is 12.0. The van der Waals surface area contributed by atoms with Crippen LogP contribution in [0.25, 0.3) is 0 Å². The number of hydrogen-bond acceptors (Lipinski definition) is 6. The Balaban J connectivity index is 1.38. The fraction of sp³-hybridized carbons (Fsp3) is 0.556. The molecule has 2 atom stereocenters. The van der Waals surface area contributed by atoms with E-state index in [2.05, 4.69) is 16.4 Å². The van der Waals surface area contributed by atoms with E-state index in [1.165, 1.54) is 17.7 Å². The molecule has 2 unspecified atom stereocenters. The van der Waals surface area contributed by atoms with Gasteiger partial charge in [0.2, 0.25) is 0 Å². The highest BCUT2D eigenvalue weighted by Crippen LogP contribution is 2.34. The maximum Gasteiger partial charge on any atom is 0.304 e. The van der Waals surface area contributed by atoms with Crippen molar-refractivity contribution in [3.63, 3.8) is 0 Å². The number of aromatic nitrogens is 1. The predicted octanol–water partition coefficient (Wildman–Crippen LogP) is 4.21. The van der Waals surface area contributed by atoms with Gasteiger partial charge in [0.1, 0.15) is 29.7 Å². The number of fused-ring (bicyclic) bond motifs is 1. The van der Waals surface area contributed by atoms with Crippen molar-refractivity contribution in [1.29, 1.82) is 0 Å². The lowest BCUT2D eigenvalue weighted by atomic mass is 9.94. The molecule has 0 saturated carbocycles. The molecule has 1 aromatic heterocycles. The van der Waals surface area contributed by atoms with E-state index in [0.717, 1.165) is 30.9 Å². The van der Waals surface area contributed by atoms with Crippen molar-refractivity contribution in [2.75, 3.05) is 51.8 Å². The highest BCUT2D eigenvalue weighted by atomic mass is 19.1. The van der Waals surface area contributed by atoms with Gasteiger partial charge in [-0.3, -0.25) is 9.69 Å². The van der Waals surface area contributed by atoms with Gasteiger partial charge in [-0.1, -0.05) is 6.07 Å². The van der Waals surface area contributed by atoms with Crippen molar-refractivity contribution in [2.24, 2.45) is 0 Å². The van der Waals surface area contributed by atoms with Crippen LogP contribution < -0.4 is 10.1 Å². The number of pyridine rings is 1. The summed E-state index contributed by atoms with van der Waals surface area (Å²) in [7, 11) is 1.56. The smallest absolute Gasteiger partial charge is 0.304 e. The third kappa shape index (κ3) is 6.91. The number of carbonyl (C=O) groups is 1. The molecule has 1 fully saturated rings. The number of benzene rings is 1. The van der Waals surface area contributed by atoms with E-state index in [1.807, 2.05) is 11.0 Å². The minimum Gasteiger partial charge on any atom is -0.491 e. The third-order valence-electron chi connectivity index (χ3n) is 7.03. The number of carboxylic acids is 1. The second-order valence-corrected chi connectivity index (χ2v) is 9.80. The van der Waals surface area contributed by atoms with Crippen LogP contribution in [0.15, 0.2) is 30.3 Å². The largest absolute Gasteiger partial charge is 0.491 e. The molecular weight excluding hydrogens is 468 g/mol. The molecule has 2 aliphatic rings. The van der Waals surface area contributed by atoms with Crippen LogP contribution in [0.3, 0.4) is 0 Å². The lowest BCUT2D eigenvalue weighted by Gasteiger charge is -2.25. The van der Waals surface area contributed by atoms with Gasteiger partial charge >= 0.3 is 5.97 Å². The maximum atomic E-state index is 15.7. The number of anilines is 1. The van der Waals surface area contributed by atoms with Gasteiger partial charge in [0.15, 0.2) is 0 Å². The predicted molar refractivity (Wildman–Crippen MR) is 133 cm³/mol. The number of aryl methyl sites for hydroxylation is 2. The summed E-state index contributed by atoms with van der Waals surface area (Å²) in [6, 6.07) is 8.41. The number of aliphatic carboxylic acids is 1. The standard InChI is InChI=1S/C27H35F2N3O4/c1-35-13-14-36-22-6-7-24(28)23(16-22)20(15-25(33)34)17-32-12-10-27(29,18-32)9-8-21-5-4-19-3-2-11-30-26(19)31-21/h4-7,16,20H,2-3,8-15,17-18H2,1H3,(H,30,31)(H,33,34). The van der Waals surface area contributed by atoms with E-state index in [1.54, 1.807) is 13.2 Å². The van der Waals surface area contributed by atoms with Crippen LogP contribution in [0.2, 0.25) is 0 Å². The van der Waals surface area contributed by atoms with Crippen LogP contribution in [0.5, 0.6) is 5.75 Å². The van der Waals surface area contributed by atoms with Crippen molar-refractivity contribution in [3.05, 3.63) is 53.0 Å². The SMILES string of the molecule is COCCOc1ccc(F)c(C(CC(=O)O)CN2CCC(F)(CCc3ccc4c(n3)NCCC4)C2)c1. The molecule has 4 rings (SSSR count). The molecule has 0 spiro atoms.